The summed E-state index contributed by atoms with van der Waals surface area (Å²) in [7, 11) is 3.04. The third-order valence-electron chi connectivity index (χ3n) is 4.93. The maximum absolute atomic E-state index is 12.0. The molecule has 2 aromatic carbocycles. The number of hydrogen-bond acceptors (Lipinski definition) is 4. The molecule has 0 fully saturated rings. The van der Waals surface area contributed by atoms with Crippen LogP contribution in [0.5, 0.6) is 5.75 Å². The Labute approximate surface area is 169 Å². The van der Waals surface area contributed by atoms with E-state index in [1.807, 2.05) is 60.1 Å². The number of aromatic nitrogens is 2. The van der Waals surface area contributed by atoms with Gasteiger partial charge in [0.1, 0.15) is 5.75 Å². The number of hydrogen-bond donors (Lipinski definition) is 0. The number of carbonyl (C=O) groups is 1. The summed E-state index contributed by atoms with van der Waals surface area (Å²) in [5.74, 6) is 0.414. The standard InChI is InChI=1S/C24H22N2O3/c1-16-11-17(13-19(12-16)24(27)29-3)14-21-22-10-9-20(28-2)15-26(22)25-23(21)18-7-5-4-6-8-18/h4-13,15H,14H2,1-3H3. The van der Waals surface area contributed by atoms with Crippen molar-refractivity contribution < 1.29 is 14.3 Å². The molecule has 0 unspecified atom stereocenters. The zero-order valence-electron chi connectivity index (χ0n) is 16.7. The van der Waals surface area contributed by atoms with Gasteiger partial charge in [-0.25, -0.2) is 9.31 Å². The average Bonchev–Trinajstić information content (AvgIpc) is 3.10. The number of fused-ring (bicyclic) bond motifs is 1. The van der Waals surface area contributed by atoms with Crippen molar-refractivity contribution in [1.82, 2.24) is 9.61 Å². The van der Waals surface area contributed by atoms with Gasteiger partial charge in [-0.15, -0.1) is 0 Å². The first kappa shape index (κ1) is 18.7. The molecule has 5 nitrogen and oxygen atoms in total. The maximum Gasteiger partial charge on any atom is 0.337 e. The Hall–Kier alpha value is -3.60. The number of ether oxygens (including phenoxy) is 2. The highest BCUT2D eigenvalue weighted by Gasteiger charge is 2.17. The van der Waals surface area contributed by atoms with Gasteiger partial charge in [-0.1, -0.05) is 36.4 Å². The summed E-state index contributed by atoms with van der Waals surface area (Å²) in [4.78, 5) is 12.0. The second kappa shape index (κ2) is 7.80. The molecule has 0 bridgehead atoms. The molecular formula is C24H22N2O3. The molecule has 0 aliphatic rings. The summed E-state index contributed by atoms with van der Waals surface area (Å²) in [5.41, 5.74) is 6.68. The van der Waals surface area contributed by atoms with Crippen molar-refractivity contribution in [2.45, 2.75) is 13.3 Å². The van der Waals surface area contributed by atoms with E-state index in [1.165, 1.54) is 7.11 Å². The van der Waals surface area contributed by atoms with E-state index >= 15 is 0 Å². The summed E-state index contributed by atoms with van der Waals surface area (Å²) in [5, 5.41) is 4.83. The van der Waals surface area contributed by atoms with Crippen LogP contribution in [-0.4, -0.2) is 29.8 Å². The fraction of sp³-hybridized carbons (Fsp3) is 0.167. The van der Waals surface area contributed by atoms with E-state index in [0.29, 0.717) is 12.0 Å². The van der Waals surface area contributed by atoms with E-state index < -0.39 is 0 Å². The Kier molecular flexibility index (Phi) is 5.04. The highest BCUT2D eigenvalue weighted by atomic mass is 16.5. The highest BCUT2D eigenvalue weighted by molar-refractivity contribution is 5.89. The van der Waals surface area contributed by atoms with Crippen LogP contribution in [0.2, 0.25) is 0 Å². The molecule has 4 rings (SSSR count). The lowest BCUT2D eigenvalue weighted by Gasteiger charge is -2.08. The Balaban J connectivity index is 1.86. The molecule has 2 aromatic heterocycles. The second-order valence-electron chi connectivity index (χ2n) is 6.97. The number of nitrogens with zero attached hydrogens (tertiary/aromatic N) is 2. The summed E-state index contributed by atoms with van der Waals surface area (Å²) >= 11 is 0. The predicted octanol–water partition coefficient (Wildman–Crippen LogP) is 4.70. The van der Waals surface area contributed by atoms with Crippen LogP contribution >= 0.6 is 0 Å². The molecule has 0 radical (unpaired) electrons. The molecule has 29 heavy (non-hydrogen) atoms. The molecule has 0 spiro atoms. The van der Waals surface area contributed by atoms with E-state index in [2.05, 4.69) is 18.2 Å². The Bertz CT molecular complexity index is 1180. The highest BCUT2D eigenvalue weighted by Crippen LogP contribution is 2.30. The van der Waals surface area contributed by atoms with Crippen molar-refractivity contribution in [3.8, 4) is 17.0 Å². The molecule has 0 aliphatic carbocycles. The molecular weight excluding hydrogens is 364 g/mol. The Morgan fingerprint density at radius 2 is 1.83 bits per heavy atom. The summed E-state index contributed by atoms with van der Waals surface area (Å²) in [6, 6.07) is 19.9. The number of benzene rings is 2. The largest absolute Gasteiger partial charge is 0.495 e. The minimum atomic E-state index is -0.331. The van der Waals surface area contributed by atoms with Crippen LogP contribution in [0.15, 0.2) is 66.9 Å². The SMILES string of the molecule is COC(=O)c1cc(C)cc(Cc2c(-c3ccccc3)nn3cc(OC)ccc23)c1. The monoisotopic (exact) mass is 386 g/mol. The van der Waals surface area contributed by atoms with Crippen molar-refractivity contribution in [2.75, 3.05) is 14.2 Å². The number of aryl methyl sites for hydroxylation is 1. The summed E-state index contributed by atoms with van der Waals surface area (Å²) in [6.45, 7) is 1.98. The number of rotatable bonds is 5. The molecule has 4 aromatic rings. The van der Waals surface area contributed by atoms with E-state index in [1.54, 1.807) is 7.11 Å². The van der Waals surface area contributed by atoms with Gasteiger partial charge in [0.25, 0.3) is 0 Å². The Morgan fingerprint density at radius 3 is 2.55 bits per heavy atom. The molecule has 2 heterocycles. The van der Waals surface area contributed by atoms with Crippen molar-refractivity contribution >= 4 is 11.5 Å². The molecule has 0 aliphatic heterocycles. The van der Waals surface area contributed by atoms with Gasteiger partial charge in [0.15, 0.2) is 0 Å². The normalized spacial score (nSPS) is 10.9. The fourth-order valence-electron chi connectivity index (χ4n) is 3.61. The number of methoxy groups -OCH3 is 2. The smallest absolute Gasteiger partial charge is 0.337 e. The molecule has 5 heteroatoms. The third-order valence-corrected chi connectivity index (χ3v) is 4.93. The number of pyridine rings is 1. The van der Waals surface area contributed by atoms with Crippen molar-refractivity contribution in [3.05, 3.63) is 89.1 Å². The third kappa shape index (κ3) is 3.72. The van der Waals surface area contributed by atoms with Gasteiger partial charge in [0, 0.05) is 17.5 Å². The van der Waals surface area contributed by atoms with E-state index in [0.717, 1.165) is 39.2 Å². The van der Waals surface area contributed by atoms with Crippen LogP contribution in [0, 0.1) is 6.92 Å². The zero-order valence-corrected chi connectivity index (χ0v) is 16.7. The van der Waals surface area contributed by atoms with Gasteiger partial charge in [-0.2, -0.15) is 5.10 Å². The van der Waals surface area contributed by atoms with E-state index in [-0.39, 0.29) is 5.97 Å². The molecule has 146 valence electrons. The first-order valence-corrected chi connectivity index (χ1v) is 9.38. The number of esters is 1. The van der Waals surface area contributed by atoms with Crippen molar-refractivity contribution in [1.29, 1.82) is 0 Å². The van der Waals surface area contributed by atoms with Crippen molar-refractivity contribution in [3.63, 3.8) is 0 Å². The summed E-state index contributed by atoms with van der Waals surface area (Å²) in [6.07, 6.45) is 2.52. The lowest BCUT2D eigenvalue weighted by molar-refractivity contribution is 0.0600. The lowest BCUT2D eigenvalue weighted by atomic mass is 9.97. The van der Waals surface area contributed by atoms with Gasteiger partial charge in [-0.05, 0) is 42.3 Å². The van der Waals surface area contributed by atoms with Crippen LogP contribution in [0.1, 0.15) is 27.0 Å². The predicted molar refractivity (Wildman–Crippen MR) is 113 cm³/mol. The quantitative estimate of drug-likeness (QED) is 0.467. The minimum Gasteiger partial charge on any atom is -0.495 e. The first-order valence-electron chi connectivity index (χ1n) is 9.38. The lowest BCUT2D eigenvalue weighted by Crippen LogP contribution is -2.03. The minimum absolute atomic E-state index is 0.331. The first-order chi connectivity index (χ1) is 14.1. The van der Waals surface area contributed by atoms with Crippen LogP contribution in [0.25, 0.3) is 16.8 Å². The molecule has 0 amide bonds. The van der Waals surface area contributed by atoms with Gasteiger partial charge in [0.2, 0.25) is 0 Å². The van der Waals surface area contributed by atoms with Crippen LogP contribution < -0.4 is 4.74 Å². The number of carbonyl (C=O) groups excluding carboxylic acids is 1. The van der Waals surface area contributed by atoms with Gasteiger partial charge in [-0.3, -0.25) is 0 Å². The van der Waals surface area contributed by atoms with E-state index in [4.69, 9.17) is 14.6 Å². The molecule has 0 N–H and O–H groups in total. The van der Waals surface area contributed by atoms with Crippen molar-refractivity contribution in [2.24, 2.45) is 0 Å². The van der Waals surface area contributed by atoms with Crippen LogP contribution in [0.3, 0.4) is 0 Å². The maximum atomic E-state index is 12.0. The van der Waals surface area contributed by atoms with Crippen LogP contribution in [-0.2, 0) is 11.2 Å². The molecule has 0 saturated heterocycles. The Morgan fingerprint density at radius 1 is 1.03 bits per heavy atom. The summed E-state index contributed by atoms with van der Waals surface area (Å²) < 4.78 is 12.1. The average molecular weight is 386 g/mol. The topological polar surface area (TPSA) is 52.8 Å². The molecule has 0 atom stereocenters. The zero-order chi connectivity index (χ0) is 20.4. The van der Waals surface area contributed by atoms with Gasteiger partial charge < -0.3 is 9.47 Å². The fourth-order valence-corrected chi connectivity index (χ4v) is 3.61. The van der Waals surface area contributed by atoms with Gasteiger partial charge in [0.05, 0.1) is 37.2 Å². The second-order valence-corrected chi connectivity index (χ2v) is 6.97. The molecule has 0 saturated carbocycles. The van der Waals surface area contributed by atoms with Gasteiger partial charge >= 0.3 is 5.97 Å². The van der Waals surface area contributed by atoms with Crippen LogP contribution in [0.4, 0.5) is 0 Å². The van der Waals surface area contributed by atoms with E-state index in [9.17, 15) is 4.79 Å².